The SMILES string of the molecule is COCCOCCOCCOc1cc(F)cc([N+](=O)[O-])c1. The van der Waals surface area contributed by atoms with Gasteiger partial charge in [-0.2, -0.15) is 0 Å². The number of nitro groups is 1. The van der Waals surface area contributed by atoms with Crippen LogP contribution >= 0.6 is 0 Å². The smallest absolute Gasteiger partial charge is 0.276 e. The van der Waals surface area contributed by atoms with Crippen molar-refractivity contribution in [2.45, 2.75) is 0 Å². The van der Waals surface area contributed by atoms with Crippen molar-refractivity contribution in [2.24, 2.45) is 0 Å². The maximum Gasteiger partial charge on any atom is 0.276 e. The first-order chi connectivity index (χ1) is 10.1. The van der Waals surface area contributed by atoms with E-state index in [1.807, 2.05) is 0 Å². The topological polar surface area (TPSA) is 80.1 Å². The minimum Gasteiger partial charge on any atom is -0.491 e. The fourth-order valence-electron chi connectivity index (χ4n) is 1.42. The van der Waals surface area contributed by atoms with Crippen LogP contribution in [0.4, 0.5) is 10.1 Å². The normalized spacial score (nSPS) is 10.6. The van der Waals surface area contributed by atoms with Crippen LogP contribution in [0.15, 0.2) is 18.2 Å². The van der Waals surface area contributed by atoms with E-state index in [-0.39, 0.29) is 24.7 Å². The van der Waals surface area contributed by atoms with Crippen LogP contribution in [0, 0.1) is 15.9 Å². The third-order valence-electron chi connectivity index (χ3n) is 2.37. The van der Waals surface area contributed by atoms with E-state index >= 15 is 0 Å². The molecule has 0 radical (unpaired) electrons. The highest BCUT2D eigenvalue weighted by Gasteiger charge is 2.10. The first-order valence-corrected chi connectivity index (χ1v) is 6.35. The Morgan fingerprint density at radius 3 is 2.29 bits per heavy atom. The Balaban J connectivity index is 2.17. The summed E-state index contributed by atoms with van der Waals surface area (Å²) in [6.45, 7) is 2.31. The van der Waals surface area contributed by atoms with Gasteiger partial charge in [0.05, 0.1) is 50.1 Å². The number of hydrogen-bond acceptors (Lipinski definition) is 6. The molecule has 0 amide bonds. The van der Waals surface area contributed by atoms with E-state index < -0.39 is 10.7 Å². The summed E-state index contributed by atoms with van der Waals surface area (Å²) in [4.78, 5) is 9.89. The molecule has 0 saturated heterocycles. The molecule has 0 aliphatic carbocycles. The summed E-state index contributed by atoms with van der Waals surface area (Å²) >= 11 is 0. The summed E-state index contributed by atoms with van der Waals surface area (Å²) in [5.41, 5.74) is -0.350. The molecule has 1 aromatic rings. The number of hydrogen-bond donors (Lipinski definition) is 0. The molecule has 21 heavy (non-hydrogen) atoms. The van der Waals surface area contributed by atoms with E-state index in [4.69, 9.17) is 18.9 Å². The van der Waals surface area contributed by atoms with E-state index in [2.05, 4.69) is 0 Å². The molecule has 0 aliphatic heterocycles. The third-order valence-corrected chi connectivity index (χ3v) is 2.37. The van der Waals surface area contributed by atoms with Crippen LogP contribution in [-0.4, -0.2) is 51.7 Å². The lowest BCUT2D eigenvalue weighted by Crippen LogP contribution is -2.12. The maximum atomic E-state index is 13.1. The number of methoxy groups -OCH3 is 1. The highest BCUT2D eigenvalue weighted by atomic mass is 19.1. The molecule has 0 aliphatic rings. The zero-order valence-electron chi connectivity index (χ0n) is 11.7. The van der Waals surface area contributed by atoms with Gasteiger partial charge in [0.25, 0.3) is 5.69 Å². The Morgan fingerprint density at radius 1 is 1.05 bits per heavy atom. The number of halogens is 1. The quantitative estimate of drug-likeness (QED) is 0.352. The highest BCUT2D eigenvalue weighted by Crippen LogP contribution is 2.21. The number of nitrogens with zero attached hydrogens (tertiary/aromatic N) is 1. The van der Waals surface area contributed by atoms with Gasteiger partial charge in [0, 0.05) is 13.2 Å². The van der Waals surface area contributed by atoms with Crippen molar-refractivity contribution in [3.63, 3.8) is 0 Å². The van der Waals surface area contributed by atoms with Crippen molar-refractivity contribution >= 4 is 5.69 Å². The molecule has 1 rings (SSSR count). The van der Waals surface area contributed by atoms with Crippen LogP contribution in [0.5, 0.6) is 5.75 Å². The second-order valence-electron chi connectivity index (χ2n) is 3.97. The Hall–Kier alpha value is -1.77. The van der Waals surface area contributed by atoms with Gasteiger partial charge in [0.2, 0.25) is 0 Å². The molecule has 0 aromatic heterocycles. The minimum atomic E-state index is -0.716. The predicted molar refractivity (Wildman–Crippen MR) is 72.1 cm³/mol. The van der Waals surface area contributed by atoms with Crippen molar-refractivity contribution < 1.29 is 28.3 Å². The van der Waals surface area contributed by atoms with Crippen molar-refractivity contribution in [1.82, 2.24) is 0 Å². The van der Waals surface area contributed by atoms with Gasteiger partial charge in [0.15, 0.2) is 0 Å². The van der Waals surface area contributed by atoms with Gasteiger partial charge in [-0.15, -0.1) is 0 Å². The molecular formula is C13H18FNO6. The molecule has 8 heteroatoms. The van der Waals surface area contributed by atoms with E-state index in [0.717, 1.165) is 18.2 Å². The molecule has 0 atom stereocenters. The molecule has 118 valence electrons. The molecule has 0 N–H and O–H groups in total. The molecule has 1 aromatic carbocycles. The fraction of sp³-hybridized carbons (Fsp3) is 0.538. The molecule has 0 spiro atoms. The largest absolute Gasteiger partial charge is 0.491 e. The molecule has 0 saturated carbocycles. The van der Waals surface area contributed by atoms with Gasteiger partial charge in [0.1, 0.15) is 18.2 Å². The second kappa shape index (κ2) is 10.0. The maximum absolute atomic E-state index is 13.1. The van der Waals surface area contributed by atoms with Gasteiger partial charge in [-0.1, -0.05) is 0 Å². The van der Waals surface area contributed by atoms with E-state index in [1.165, 1.54) is 0 Å². The zero-order valence-corrected chi connectivity index (χ0v) is 11.7. The zero-order chi connectivity index (χ0) is 15.5. The predicted octanol–water partition coefficient (Wildman–Crippen LogP) is 1.79. The molecule has 7 nitrogen and oxygen atoms in total. The Morgan fingerprint density at radius 2 is 1.67 bits per heavy atom. The number of rotatable bonds is 11. The summed E-state index contributed by atoms with van der Waals surface area (Å²) in [6.07, 6.45) is 0. The van der Waals surface area contributed by atoms with Crippen molar-refractivity contribution in [2.75, 3.05) is 46.8 Å². The fourth-order valence-corrected chi connectivity index (χ4v) is 1.42. The Kier molecular flexibility index (Phi) is 8.25. The summed E-state index contributed by atoms with van der Waals surface area (Å²) in [7, 11) is 1.59. The van der Waals surface area contributed by atoms with Crippen molar-refractivity contribution in [3.8, 4) is 5.75 Å². The van der Waals surface area contributed by atoms with Gasteiger partial charge in [-0.25, -0.2) is 4.39 Å². The van der Waals surface area contributed by atoms with E-state index in [1.54, 1.807) is 7.11 Å². The van der Waals surface area contributed by atoms with Crippen molar-refractivity contribution in [1.29, 1.82) is 0 Å². The first-order valence-electron chi connectivity index (χ1n) is 6.35. The summed E-state index contributed by atoms with van der Waals surface area (Å²) in [6, 6.07) is 3.08. The Labute approximate surface area is 121 Å². The highest BCUT2D eigenvalue weighted by molar-refractivity contribution is 5.38. The average molecular weight is 303 g/mol. The number of nitro benzene ring substituents is 1. The second-order valence-corrected chi connectivity index (χ2v) is 3.97. The average Bonchev–Trinajstić information content (AvgIpc) is 2.45. The van der Waals surface area contributed by atoms with E-state index in [0.29, 0.717) is 26.4 Å². The lowest BCUT2D eigenvalue weighted by molar-refractivity contribution is -0.385. The summed E-state index contributed by atoms with van der Waals surface area (Å²) < 4.78 is 33.5. The molecule has 0 bridgehead atoms. The monoisotopic (exact) mass is 303 g/mol. The van der Waals surface area contributed by atoms with Crippen LogP contribution < -0.4 is 4.74 Å². The lowest BCUT2D eigenvalue weighted by Gasteiger charge is -2.08. The van der Waals surface area contributed by atoms with Crippen LogP contribution in [-0.2, 0) is 14.2 Å². The number of benzene rings is 1. The van der Waals surface area contributed by atoms with Gasteiger partial charge < -0.3 is 18.9 Å². The molecule has 0 fully saturated rings. The van der Waals surface area contributed by atoms with Crippen LogP contribution in [0.3, 0.4) is 0 Å². The van der Waals surface area contributed by atoms with E-state index in [9.17, 15) is 14.5 Å². The Bertz CT molecular complexity index is 443. The molecule has 0 unspecified atom stereocenters. The third kappa shape index (κ3) is 7.54. The number of ether oxygens (including phenoxy) is 4. The first kappa shape index (κ1) is 17.3. The summed E-state index contributed by atoms with van der Waals surface area (Å²) in [5, 5.41) is 10.6. The van der Waals surface area contributed by atoms with Gasteiger partial charge in [-0.3, -0.25) is 10.1 Å². The van der Waals surface area contributed by atoms with Gasteiger partial charge >= 0.3 is 0 Å². The molecular weight excluding hydrogens is 285 g/mol. The van der Waals surface area contributed by atoms with Crippen LogP contribution in [0.1, 0.15) is 0 Å². The minimum absolute atomic E-state index is 0.0987. The lowest BCUT2D eigenvalue weighted by atomic mass is 10.3. The van der Waals surface area contributed by atoms with Crippen LogP contribution in [0.25, 0.3) is 0 Å². The van der Waals surface area contributed by atoms with Crippen molar-refractivity contribution in [3.05, 3.63) is 34.1 Å². The number of non-ortho nitro benzene ring substituents is 1. The van der Waals surface area contributed by atoms with Gasteiger partial charge in [-0.05, 0) is 0 Å². The standard InChI is InChI=1S/C13H18FNO6/c1-18-2-3-19-4-5-20-6-7-21-13-9-11(14)8-12(10-13)15(16)17/h8-10H,2-7H2,1H3. The molecule has 0 heterocycles. The van der Waals surface area contributed by atoms with Crippen LogP contribution in [0.2, 0.25) is 0 Å². The summed E-state index contributed by atoms with van der Waals surface area (Å²) in [5.74, 6) is -0.617.